The maximum atomic E-state index is 13.9. The molecule has 0 amide bonds. The van der Waals surface area contributed by atoms with E-state index in [1.165, 1.54) is 19.2 Å². The number of aliphatic carboxylic acids is 1. The van der Waals surface area contributed by atoms with E-state index < -0.39 is 23.5 Å². The molecule has 7 nitrogen and oxygen atoms in total. The first-order chi connectivity index (χ1) is 11.9. The van der Waals surface area contributed by atoms with Crippen LogP contribution in [-0.4, -0.2) is 34.8 Å². The van der Waals surface area contributed by atoms with Gasteiger partial charge in [-0.15, -0.1) is 0 Å². The molecule has 25 heavy (non-hydrogen) atoms. The molecule has 0 aliphatic heterocycles. The maximum Gasteiger partial charge on any atom is 0.322 e. The lowest BCUT2D eigenvalue weighted by Gasteiger charge is -2.15. The zero-order valence-corrected chi connectivity index (χ0v) is 14.4. The van der Waals surface area contributed by atoms with Crippen molar-refractivity contribution in [3.8, 4) is 17.2 Å². The van der Waals surface area contributed by atoms with Crippen molar-refractivity contribution in [1.29, 1.82) is 0 Å². The number of aliphatic hydroxyl groups excluding tert-OH is 1. The Kier molecular flexibility index (Phi) is 6.24. The first-order valence-electron chi connectivity index (χ1n) is 6.83. The molecule has 134 valence electrons. The second kappa shape index (κ2) is 8.19. The minimum atomic E-state index is -1.19. The molecular formula is C15H13Cl2FN2O5. The standard InChI is InChI=1S/C15H13Cl2FN2O5/c1-24-8-2-3-9(7(4-8)6-21)25-13-11(16)14(18)20-15(12(13)17)19-5-10(22)23/h2-4,21H,5-6H2,1H3,(H,19,20)(H,22,23). The summed E-state index contributed by atoms with van der Waals surface area (Å²) >= 11 is 12.0. The average molecular weight is 391 g/mol. The van der Waals surface area contributed by atoms with Crippen molar-refractivity contribution in [3.05, 3.63) is 39.8 Å². The van der Waals surface area contributed by atoms with E-state index in [9.17, 15) is 14.3 Å². The third-order valence-electron chi connectivity index (χ3n) is 3.05. The number of aromatic nitrogens is 1. The van der Waals surface area contributed by atoms with E-state index in [4.69, 9.17) is 37.8 Å². The average Bonchev–Trinajstić information content (AvgIpc) is 2.60. The zero-order valence-electron chi connectivity index (χ0n) is 12.8. The first-order valence-corrected chi connectivity index (χ1v) is 7.58. The molecule has 0 fully saturated rings. The molecule has 1 aromatic carbocycles. The molecule has 0 saturated carbocycles. The molecule has 0 spiro atoms. The topological polar surface area (TPSA) is 101 Å². The number of nitrogens with one attached hydrogen (secondary N) is 1. The van der Waals surface area contributed by atoms with E-state index in [2.05, 4.69) is 10.3 Å². The summed E-state index contributed by atoms with van der Waals surface area (Å²) in [6.07, 6.45) is 0. The van der Waals surface area contributed by atoms with Crippen LogP contribution in [0.4, 0.5) is 10.2 Å². The van der Waals surface area contributed by atoms with Gasteiger partial charge in [-0.1, -0.05) is 23.2 Å². The first kappa shape index (κ1) is 19.0. The van der Waals surface area contributed by atoms with E-state index in [1.807, 2.05) is 0 Å². The van der Waals surface area contributed by atoms with Gasteiger partial charge in [-0.3, -0.25) is 4.79 Å². The van der Waals surface area contributed by atoms with Crippen LogP contribution in [0.2, 0.25) is 10.0 Å². The van der Waals surface area contributed by atoms with Gasteiger partial charge in [-0.2, -0.15) is 9.37 Å². The van der Waals surface area contributed by atoms with Crippen LogP contribution < -0.4 is 14.8 Å². The number of carboxylic acid groups (broad SMARTS) is 1. The van der Waals surface area contributed by atoms with E-state index in [-0.39, 0.29) is 28.9 Å². The van der Waals surface area contributed by atoms with Crippen molar-refractivity contribution in [2.75, 3.05) is 19.0 Å². The number of aliphatic hydroxyl groups is 1. The second-order valence-corrected chi connectivity index (χ2v) is 5.45. The molecule has 10 heteroatoms. The molecule has 0 atom stereocenters. The van der Waals surface area contributed by atoms with Gasteiger partial charge in [-0.25, -0.2) is 0 Å². The molecule has 0 aliphatic rings. The van der Waals surface area contributed by atoms with E-state index >= 15 is 0 Å². The number of pyridine rings is 1. The Balaban J connectivity index is 2.43. The summed E-state index contributed by atoms with van der Waals surface area (Å²) in [5, 5.41) is 19.8. The predicted molar refractivity (Wildman–Crippen MR) is 89.3 cm³/mol. The van der Waals surface area contributed by atoms with Crippen LogP contribution in [0.5, 0.6) is 17.2 Å². The second-order valence-electron chi connectivity index (χ2n) is 4.69. The zero-order chi connectivity index (χ0) is 18.6. The summed E-state index contributed by atoms with van der Waals surface area (Å²) in [5.41, 5.74) is 0.351. The number of ether oxygens (including phenoxy) is 2. The van der Waals surface area contributed by atoms with Crippen LogP contribution in [-0.2, 0) is 11.4 Å². The predicted octanol–water partition coefficient (Wildman–Crippen LogP) is 3.32. The van der Waals surface area contributed by atoms with E-state index in [0.29, 0.717) is 11.3 Å². The van der Waals surface area contributed by atoms with Gasteiger partial charge in [-0.05, 0) is 18.2 Å². The Bertz CT molecular complexity index is 804. The van der Waals surface area contributed by atoms with Gasteiger partial charge >= 0.3 is 5.97 Å². The Labute approximate surface area is 151 Å². The van der Waals surface area contributed by atoms with Crippen LogP contribution in [0.1, 0.15) is 5.56 Å². The van der Waals surface area contributed by atoms with Gasteiger partial charge in [0.15, 0.2) is 11.6 Å². The highest BCUT2D eigenvalue weighted by atomic mass is 35.5. The number of benzene rings is 1. The molecule has 0 aliphatic carbocycles. The monoisotopic (exact) mass is 390 g/mol. The van der Waals surface area contributed by atoms with Crippen molar-refractivity contribution < 1.29 is 28.9 Å². The summed E-state index contributed by atoms with van der Waals surface area (Å²) in [6.45, 7) is -0.906. The number of methoxy groups -OCH3 is 1. The van der Waals surface area contributed by atoms with Crippen molar-refractivity contribution in [3.63, 3.8) is 0 Å². The maximum absolute atomic E-state index is 13.9. The number of nitrogens with zero attached hydrogens (tertiary/aromatic N) is 1. The molecule has 2 aromatic rings. The summed E-state index contributed by atoms with van der Waals surface area (Å²) in [4.78, 5) is 14.1. The number of carbonyl (C=O) groups is 1. The number of halogens is 3. The van der Waals surface area contributed by atoms with Crippen LogP contribution >= 0.6 is 23.2 Å². The summed E-state index contributed by atoms with van der Waals surface area (Å²) < 4.78 is 24.5. The number of rotatable bonds is 7. The number of hydrogen-bond donors (Lipinski definition) is 3. The lowest BCUT2D eigenvalue weighted by molar-refractivity contribution is -0.134. The Morgan fingerprint density at radius 3 is 2.68 bits per heavy atom. The Morgan fingerprint density at radius 2 is 2.08 bits per heavy atom. The highest BCUT2D eigenvalue weighted by Gasteiger charge is 2.21. The molecular weight excluding hydrogens is 378 g/mol. The van der Waals surface area contributed by atoms with Gasteiger partial charge in [0.2, 0.25) is 5.95 Å². The van der Waals surface area contributed by atoms with Crippen LogP contribution in [0, 0.1) is 5.95 Å². The smallest absolute Gasteiger partial charge is 0.322 e. The fourth-order valence-electron chi connectivity index (χ4n) is 1.88. The molecule has 0 bridgehead atoms. The van der Waals surface area contributed by atoms with Gasteiger partial charge in [0.1, 0.15) is 28.1 Å². The molecule has 0 saturated heterocycles. The Hall–Kier alpha value is -2.29. The summed E-state index contributed by atoms with van der Waals surface area (Å²) in [6, 6.07) is 4.58. The van der Waals surface area contributed by atoms with Crippen LogP contribution in [0.15, 0.2) is 18.2 Å². The fraction of sp³-hybridized carbons (Fsp3) is 0.200. The molecule has 1 heterocycles. The minimum Gasteiger partial charge on any atom is -0.497 e. The normalized spacial score (nSPS) is 10.4. The van der Waals surface area contributed by atoms with E-state index in [1.54, 1.807) is 6.07 Å². The number of carboxylic acids is 1. The third kappa shape index (κ3) is 4.41. The van der Waals surface area contributed by atoms with Crippen LogP contribution in [0.3, 0.4) is 0 Å². The summed E-state index contributed by atoms with van der Waals surface area (Å²) in [5.74, 6) is -2.12. The van der Waals surface area contributed by atoms with Crippen molar-refractivity contribution in [1.82, 2.24) is 4.98 Å². The van der Waals surface area contributed by atoms with Gasteiger partial charge in [0.25, 0.3) is 0 Å². The quantitative estimate of drug-likeness (QED) is 0.623. The highest BCUT2D eigenvalue weighted by molar-refractivity contribution is 6.38. The molecule has 1 aromatic heterocycles. The van der Waals surface area contributed by atoms with Crippen molar-refractivity contribution >= 4 is 35.0 Å². The highest BCUT2D eigenvalue weighted by Crippen LogP contribution is 2.42. The largest absolute Gasteiger partial charge is 0.497 e. The molecule has 0 radical (unpaired) electrons. The van der Waals surface area contributed by atoms with Gasteiger partial charge < -0.3 is 25.0 Å². The molecule has 2 rings (SSSR count). The van der Waals surface area contributed by atoms with Gasteiger partial charge in [0, 0.05) is 5.56 Å². The number of hydrogen-bond acceptors (Lipinski definition) is 6. The van der Waals surface area contributed by atoms with Crippen molar-refractivity contribution in [2.45, 2.75) is 6.61 Å². The van der Waals surface area contributed by atoms with E-state index in [0.717, 1.165) is 0 Å². The van der Waals surface area contributed by atoms with Crippen molar-refractivity contribution in [2.24, 2.45) is 0 Å². The lowest BCUT2D eigenvalue weighted by atomic mass is 10.2. The summed E-state index contributed by atoms with van der Waals surface area (Å²) in [7, 11) is 1.46. The lowest BCUT2D eigenvalue weighted by Crippen LogP contribution is -2.14. The molecule has 0 unspecified atom stereocenters. The van der Waals surface area contributed by atoms with Crippen LogP contribution in [0.25, 0.3) is 0 Å². The SMILES string of the molecule is COc1ccc(Oc2c(Cl)c(F)nc(NCC(=O)O)c2Cl)c(CO)c1. The minimum absolute atomic E-state index is 0.168. The third-order valence-corrected chi connectivity index (χ3v) is 3.73. The fourth-order valence-corrected chi connectivity index (χ4v) is 2.34. The van der Waals surface area contributed by atoms with Gasteiger partial charge in [0.05, 0.1) is 13.7 Å². The number of anilines is 1. The molecule has 3 N–H and O–H groups in total. The Morgan fingerprint density at radius 1 is 1.36 bits per heavy atom.